The van der Waals surface area contributed by atoms with Gasteiger partial charge in [0.2, 0.25) is 0 Å². The number of H-pyrrole nitrogens is 1. The third kappa shape index (κ3) is 1.89. The van der Waals surface area contributed by atoms with Crippen LogP contribution in [0.3, 0.4) is 0 Å². The number of pyridine rings is 1. The van der Waals surface area contributed by atoms with Gasteiger partial charge in [0.05, 0.1) is 11.6 Å². The van der Waals surface area contributed by atoms with Crippen LogP contribution < -0.4 is 4.90 Å². The number of nitrogens with one attached hydrogen (secondary N) is 1. The van der Waals surface area contributed by atoms with E-state index in [0.717, 1.165) is 37.3 Å². The largest absolute Gasteiger partial charge is 0.381 e. The number of rotatable bonds is 2. The molecule has 0 saturated carbocycles. The van der Waals surface area contributed by atoms with Crippen LogP contribution in [0.15, 0.2) is 24.5 Å². The van der Waals surface area contributed by atoms with E-state index >= 15 is 0 Å². The fraction of sp³-hybridized carbons (Fsp3) is 0.462. The van der Waals surface area contributed by atoms with Crippen molar-refractivity contribution in [3.05, 3.63) is 24.5 Å². The summed E-state index contributed by atoms with van der Waals surface area (Å²) in [5.74, 6) is 1.10. The smallest absolute Gasteiger partial charge is 0.137 e. The molecule has 2 aromatic rings. The van der Waals surface area contributed by atoms with Gasteiger partial charge in [-0.25, -0.2) is 4.98 Å². The first-order valence-electron chi connectivity index (χ1n) is 6.08. The van der Waals surface area contributed by atoms with Gasteiger partial charge in [0.15, 0.2) is 0 Å². The van der Waals surface area contributed by atoms with Gasteiger partial charge in [0.1, 0.15) is 5.82 Å². The van der Waals surface area contributed by atoms with E-state index in [9.17, 15) is 0 Å². The van der Waals surface area contributed by atoms with Crippen LogP contribution in [0.4, 0.5) is 5.82 Å². The predicted octanol–water partition coefficient (Wildman–Crippen LogP) is 2.18. The number of aromatic amines is 1. The van der Waals surface area contributed by atoms with Crippen LogP contribution in [0.5, 0.6) is 0 Å². The standard InChI is InChI=1S/C13H17N3O/c1-17-10-4-8-16(9-5-10)13-11-2-6-14-12(11)3-7-15-13/h2-3,6-7,10,14H,4-5,8-9H2,1H3. The van der Waals surface area contributed by atoms with Gasteiger partial charge in [-0.1, -0.05) is 0 Å². The fourth-order valence-electron chi connectivity index (χ4n) is 2.52. The number of hydrogen-bond acceptors (Lipinski definition) is 3. The molecule has 0 spiro atoms. The molecule has 0 atom stereocenters. The molecule has 0 amide bonds. The second kappa shape index (κ2) is 4.37. The number of methoxy groups -OCH3 is 1. The highest BCUT2D eigenvalue weighted by Crippen LogP contribution is 2.26. The van der Waals surface area contributed by atoms with E-state index in [1.807, 2.05) is 18.5 Å². The van der Waals surface area contributed by atoms with Crippen molar-refractivity contribution in [1.29, 1.82) is 0 Å². The first-order valence-corrected chi connectivity index (χ1v) is 6.08. The second-order valence-corrected chi connectivity index (χ2v) is 4.50. The van der Waals surface area contributed by atoms with Crippen LogP contribution in [0.2, 0.25) is 0 Å². The van der Waals surface area contributed by atoms with Crippen molar-refractivity contribution in [2.45, 2.75) is 18.9 Å². The monoisotopic (exact) mass is 231 g/mol. The maximum absolute atomic E-state index is 5.39. The van der Waals surface area contributed by atoms with Gasteiger partial charge in [-0.05, 0) is 25.0 Å². The summed E-state index contributed by atoms with van der Waals surface area (Å²) >= 11 is 0. The second-order valence-electron chi connectivity index (χ2n) is 4.50. The number of ether oxygens (including phenoxy) is 1. The number of anilines is 1. The zero-order valence-corrected chi connectivity index (χ0v) is 10.0. The van der Waals surface area contributed by atoms with Crippen LogP contribution in [0.1, 0.15) is 12.8 Å². The molecule has 1 aliphatic rings. The molecular weight excluding hydrogens is 214 g/mol. The zero-order chi connectivity index (χ0) is 11.7. The number of nitrogens with zero attached hydrogens (tertiary/aromatic N) is 2. The Bertz CT molecular complexity index is 500. The molecule has 3 heterocycles. The number of fused-ring (bicyclic) bond motifs is 1. The fourth-order valence-corrected chi connectivity index (χ4v) is 2.52. The van der Waals surface area contributed by atoms with Gasteiger partial charge in [0, 0.05) is 38.0 Å². The normalized spacial score (nSPS) is 17.8. The molecule has 0 radical (unpaired) electrons. The van der Waals surface area contributed by atoms with Gasteiger partial charge in [0.25, 0.3) is 0 Å². The van der Waals surface area contributed by atoms with Crippen molar-refractivity contribution in [1.82, 2.24) is 9.97 Å². The predicted molar refractivity (Wildman–Crippen MR) is 68.3 cm³/mol. The van der Waals surface area contributed by atoms with Crippen molar-refractivity contribution < 1.29 is 4.74 Å². The van der Waals surface area contributed by atoms with E-state index in [0.29, 0.717) is 6.10 Å². The van der Waals surface area contributed by atoms with Crippen LogP contribution in [-0.2, 0) is 4.74 Å². The Labute approximate surface area is 101 Å². The molecule has 4 nitrogen and oxygen atoms in total. The van der Waals surface area contributed by atoms with Crippen molar-refractivity contribution in [2.75, 3.05) is 25.1 Å². The minimum Gasteiger partial charge on any atom is -0.381 e. The van der Waals surface area contributed by atoms with Crippen molar-refractivity contribution in [3.8, 4) is 0 Å². The molecule has 0 aromatic carbocycles. The summed E-state index contributed by atoms with van der Waals surface area (Å²) in [5, 5.41) is 1.21. The van der Waals surface area contributed by atoms with E-state index in [2.05, 4.69) is 20.9 Å². The first-order chi connectivity index (χ1) is 8.38. The molecule has 90 valence electrons. The molecule has 1 fully saturated rings. The molecule has 4 heteroatoms. The van der Waals surface area contributed by atoms with Crippen LogP contribution >= 0.6 is 0 Å². The summed E-state index contributed by atoms with van der Waals surface area (Å²) in [4.78, 5) is 10.1. The molecule has 17 heavy (non-hydrogen) atoms. The molecule has 0 aliphatic carbocycles. The Morgan fingerprint density at radius 3 is 2.94 bits per heavy atom. The highest BCUT2D eigenvalue weighted by molar-refractivity contribution is 5.90. The molecule has 1 saturated heterocycles. The Balaban J connectivity index is 1.87. The summed E-state index contributed by atoms with van der Waals surface area (Å²) in [7, 11) is 1.80. The Morgan fingerprint density at radius 1 is 1.35 bits per heavy atom. The molecule has 1 aliphatic heterocycles. The summed E-state index contributed by atoms with van der Waals surface area (Å²) in [6.45, 7) is 2.05. The lowest BCUT2D eigenvalue weighted by Crippen LogP contribution is -2.37. The summed E-state index contributed by atoms with van der Waals surface area (Å²) in [6, 6.07) is 4.11. The van der Waals surface area contributed by atoms with E-state index in [1.54, 1.807) is 7.11 Å². The number of aromatic nitrogens is 2. The topological polar surface area (TPSA) is 41.1 Å². The van der Waals surface area contributed by atoms with Gasteiger partial charge < -0.3 is 14.6 Å². The van der Waals surface area contributed by atoms with E-state index in [4.69, 9.17) is 4.74 Å². The maximum Gasteiger partial charge on any atom is 0.137 e. The van der Waals surface area contributed by atoms with E-state index in [1.165, 1.54) is 5.39 Å². The minimum absolute atomic E-state index is 0.414. The highest BCUT2D eigenvalue weighted by Gasteiger charge is 2.20. The van der Waals surface area contributed by atoms with E-state index < -0.39 is 0 Å². The lowest BCUT2D eigenvalue weighted by Gasteiger charge is -2.32. The molecular formula is C13H17N3O. The van der Waals surface area contributed by atoms with Crippen molar-refractivity contribution in [3.63, 3.8) is 0 Å². The average Bonchev–Trinajstić information content (AvgIpc) is 2.87. The number of piperidine rings is 1. The Kier molecular flexibility index (Phi) is 2.73. The van der Waals surface area contributed by atoms with Gasteiger partial charge in [-0.15, -0.1) is 0 Å². The van der Waals surface area contributed by atoms with Crippen molar-refractivity contribution in [2.24, 2.45) is 0 Å². The van der Waals surface area contributed by atoms with Gasteiger partial charge >= 0.3 is 0 Å². The molecule has 0 bridgehead atoms. The Hall–Kier alpha value is -1.55. The highest BCUT2D eigenvalue weighted by atomic mass is 16.5. The zero-order valence-electron chi connectivity index (χ0n) is 10.0. The number of hydrogen-bond donors (Lipinski definition) is 1. The lowest BCUT2D eigenvalue weighted by molar-refractivity contribution is 0.0818. The average molecular weight is 231 g/mol. The lowest BCUT2D eigenvalue weighted by atomic mass is 10.1. The maximum atomic E-state index is 5.39. The first kappa shape index (κ1) is 10.6. The van der Waals surface area contributed by atoms with Crippen molar-refractivity contribution >= 4 is 16.7 Å². The SMILES string of the molecule is COC1CCN(c2nccc3[nH]ccc23)CC1. The quantitative estimate of drug-likeness (QED) is 0.861. The van der Waals surface area contributed by atoms with Crippen LogP contribution in [0.25, 0.3) is 10.9 Å². The van der Waals surface area contributed by atoms with Gasteiger partial charge in [-0.2, -0.15) is 0 Å². The molecule has 1 N–H and O–H groups in total. The van der Waals surface area contributed by atoms with Gasteiger partial charge in [-0.3, -0.25) is 0 Å². The van der Waals surface area contributed by atoms with Crippen LogP contribution in [0, 0.1) is 0 Å². The third-order valence-corrected chi connectivity index (χ3v) is 3.53. The third-order valence-electron chi connectivity index (χ3n) is 3.53. The summed E-state index contributed by atoms with van der Waals surface area (Å²) < 4.78 is 5.39. The summed E-state index contributed by atoms with van der Waals surface area (Å²) in [6.07, 6.45) is 6.42. The molecule has 0 unspecified atom stereocenters. The van der Waals surface area contributed by atoms with E-state index in [-0.39, 0.29) is 0 Å². The molecule has 3 rings (SSSR count). The van der Waals surface area contributed by atoms with Crippen LogP contribution in [-0.4, -0.2) is 36.3 Å². The summed E-state index contributed by atoms with van der Waals surface area (Å²) in [5.41, 5.74) is 1.16. The minimum atomic E-state index is 0.414. The Morgan fingerprint density at radius 2 is 2.18 bits per heavy atom. The molecule has 2 aromatic heterocycles.